The largest absolute Gasteiger partial charge is 0.469 e. The van der Waals surface area contributed by atoms with Crippen molar-refractivity contribution in [3.63, 3.8) is 0 Å². The van der Waals surface area contributed by atoms with E-state index in [4.69, 9.17) is 0 Å². The maximum Gasteiger partial charge on any atom is 0.305 e. The van der Waals surface area contributed by atoms with Gasteiger partial charge in [0.05, 0.1) is 17.3 Å². The normalized spacial score (nSPS) is 10.7. The van der Waals surface area contributed by atoms with E-state index in [-0.39, 0.29) is 5.97 Å². The number of aryl methyl sites for hydroxylation is 1. The fourth-order valence-corrected chi connectivity index (χ4v) is 2.94. The van der Waals surface area contributed by atoms with Crippen LogP contribution in [0.1, 0.15) is 31.2 Å². The first-order valence-corrected chi connectivity index (χ1v) is 7.60. The average Bonchev–Trinajstić information content (AvgIpc) is 2.85. The van der Waals surface area contributed by atoms with Gasteiger partial charge in [-0.1, -0.05) is 6.42 Å². The molecule has 6 heteroatoms. The van der Waals surface area contributed by atoms with Crippen LogP contribution in [0.4, 0.5) is 5.82 Å². The Morgan fingerprint density at radius 2 is 2.20 bits per heavy atom. The zero-order valence-corrected chi connectivity index (χ0v) is 12.6. The number of aromatic nitrogens is 2. The van der Waals surface area contributed by atoms with Crippen LogP contribution in [0.3, 0.4) is 0 Å². The Bertz CT molecular complexity index is 583. The highest BCUT2D eigenvalue weighted by atomic mass is 32.1. The summed E-state index contributed by atoms with van der Waals surface area (Å²) in [6.07, 6.45) is 4.97. The topological polar surface area (TPSA) is 64.1 Å². The van der Waals surface area contributed by atoms with Crippen molar-refractivity contribution >= 4 is 33.3 Å². The Morgan fingerprint density at radius 1 is 1.35 bits per heavy atom. The fraction of sp³-hybridized carbons (Fsp3) is 0.500. The monoisotopic (exact) mass is 293 g/mol. The molecule has 0 radical (unpaired) electrons. The minimum atomic E-state index is -0.135. The number of nitrogens with one attached hydrogen (secondary N) is 1. The minimum Gasteiger partial charge on any atom is -0.469 e. The molecule has 0 fully saturated rings. The molecule has 20 heavy (non-hydrogen) atoms. The molecule has 2 aromatic rings. The van der Waals surface area contributed by atoms with Gasteiger partial charge in [-0.15, -0.1) is 11.3 Å². The third kappa shape index (κ3) is 3.66. The Morgan fingerprint density at radius 3 is 3.00 bits per heavy atom. The lowest BCUT2D eigenvalue weighted by Crippen LogP contribution is -2.04. The quantitative estimate of drug-likeness (QED) is 0.627. The molecule has 0 spiro atoms. The molecule has 0 aromatic carbocycles. The molecular weight excluding hydrogens is 274 g/mol. The van der Waals surface area contributed by atoms with Crippen LogP contribution in [0.5, 0.6) is 0 Å². The lowest BCUT2D eigenvalue weighted by atomic mass is 10.2. The van der Waals surface area contributed by atoms with Gasteiger partial charge < -0.3 is 10.1 Å². The second-order valence-electron chi connectivity index (χ2n) is 4.63. The van der Waals surface area contributed by atoms with Gasteiger partial charge in [-0.2, -0.15) is 0 Å². The van der Waals surface area contributed by atoms with Crippen LogP contribution < -0.4 is 5.32 Å². The summed E-state index contributed by atoms with van der Waals surface area (Å²) in [4.78, 5) is 19.6. The third-order valence-electron chi connectivity index (χ3n) is 3.11. The number of methoxy groups -OCH3 is 1. The number of rotatable bonds is 7. The van der Waals surface area contributed by atoms with E-state index < -0.39 is 0 Å². The Labute approximate surface area is 122 Å². The van der Waals surface area contributed by atoms with Crippen molar-refractivity contribution in [2.75, 3.05) is 19.0 Å². The lowest BCUT2D eigenvalue weighted by Gasteiger charge is -2.06. The molecule has 2 rings (SSSR count). The van der Waals surface area contributed by atoms with Gasteiger partial charge in [0.25, 0.3) is 0 Å². The van der Waals surface area contributed by atoms with Gasteiger partial charge in [0.1, 0.15) is 12.1 Å². The minimum absolute atomic E-state index is 0.135. The van der Waals surface area contributed by atoms with Gasteiger partial charge in [-0.05, 0) is 30.7 Å². The van der Waals surface area contributed by atoms with Crippen molar-refractivity contribution in [3.8, 4) is 0 Å². The number of fused-ring (bicyclic) bond motifs is 1. The second-order valence-corrected chi connectivity index (χ2v) is 5.51. The number of carbonyl (C=O) groups is 1. The first-order valence-electron chi connectivity index (χ1n) is 6.72. The maximum absolute atomic E-state index is 11.0. The van der Waals surface area contributed by atoms with Crippen molar-refractivity contribution in [2.24, 2.45) is 0 Å². The smallest absolute Gasteiger partial charge is 0.305 e. The summed E-state index contributed by atoms with van der Waals surface area (Å²) in [5, 5.41) is 5.44. The Balaban J connectivity index is 1.77. The van der Waals surface area contributed by atoms with Crippen molar-refractivity contribution < 1.29 is 9.53 Å². The summed E-state index contributed by atoms with van der Waals surface area (Å²) in [5.74, 6) is 0.769. The van der Waals surface area contributed by atoms with Crippen LogP contribution in [-0.2, 0) is 9.53 Å². The van der Waals surface area contributed by atoms with Crippen LogP contribution >= 0.6 is 11.3 Å². The highest BCUT2D eigenvalue weighted by Crippen LogP contribution is 2.28. The number of esters is 1. The van der Waals surface area contributed by atoms with E-state index in [0.29, 0.717) is 6.42 Å². The van der Waals surface area contributed by atoms with Gasteiger partial charge in [-0.25, -0.2) is 9.97 Å². The number of hydrogen-bond donors (Lipinski definition) is 1. The number of thiophene rings is 1. The molecule has 0 bridgehead atoms. The zero-order valence-electron chi connectivity index (χ0n) is 11.8. The number of unbranched alkanes of at least 4 members (excludes halogenated alkanes) is 2. The molecule has 0 amide bonds. The van der Waals surface area contributed by atoms with Crippen LogP contribution in [-0.4, -0.2) is 29.6 Å². The van der Waals surface area contributed by atoms with Gasteiger partial charge in [0.2, 0.25) is 0 Å². The number of ether oxygens (including phenoxy) is 1. The van der Waals surface area contributed by atoms with Crippen LogP contribution in [0, 0.1) is 6.92 Å². The molecule has 0 aliphatic heterocycles. The van der Waals surface area contributed by atoms with E-state index >= 15 is 0 Å². The molecule has 0 atom stereocenters. The average molecular weight is 293 g/mol. The summed E-state index contributed by atoms with van der Waals surface area (Å²) < 4.78 is 5.72. The first kappa shape index (κ1) is 14.7. The molecule has 0 saturated heterocycles. The van der Waals surface area contributed by atoms with Crippen molar-refractivity contribution in [3.05, 3.63) is 17.3 Å². The van der Waals surface area contributed by atoms with Gasteiger partial charge in [0, 0.05) is 13.0 Å². The standard InChI is InChI=1S/C14H19N3O2S/c1-10-8-20-13-12(10)16-9-17-14(13)15-7-5-3-4-6-11(18)19-2/h8-9H,3-7H2,1-2H3,(H,15,16,17). The SMILES string of the molecule is COC(=O)CCCCCNc1ncnc2c(C)csc12. The molecule has 5 nitrogen and oxygen atoms in total. The van der Waals surface area contributed by atoms with E-state index in [1.165, 1.54) is 12.7 Å². The van der Waals surface area contributed by atoms with E-state index in [1.54, 1.807) is 17.7 Å². The highest BCUT2D eigenvalue weighted by Gasteiger charge is 2.07. The highest BCUT2D eigenvalue weighted by molar-refractivity contribution is 7.18. The number of anilines is 1. The molecule has 0 aliphatic rings. The van der Waals surface area contributed by atoms with Gasteiger partial charge in [0.15, 0.2) is 0 Å². The van der Waals surface area contributed by atoms with Crippen molar-refractivity contribution in [1.29, 1.82) is 0 Å². The van der Waals surface area contributed by atoms with Gasteiger partial charge in [-0.3, -0.25) is 4.79 Å². The summed E-state index contributed by atoms with van der Waals surface area (Å²) in [6.45, 7) is 2.91. The number of hydrogen-bond acceptors (Lipinski definition) is 6. The van der Waals surface area contributed by atoms with E-state index in [0.717, 1.165) is 41.8 Å². The Kier molecular flexibility index (Phi) is 5.29. The predicted molar refractivity (Wildman–Crippen MR) is 81.1 cm³/mol. The summed E-state index contributed by atoms with van der Waals surface area (Å²) in [6, 6.07) is 0. The van der Waals surface area contributed by atoms with Crippen LogP contribution in [0.15, 0.2) is 11.7 Å². The molecule has 0 saturated carbocycles. The summed E-state index contributed by atoms with van der Waals surface area (Å²) in [5.41, 5.74) is 2.21. The van der Waals surface area contributed by atoms with Gasteiger partial charge >= 0.3 is 5.97 Å². The molecule has 0 aliphatic carbocycles. The van der Waals surface area contributed by atoms with E-state index in [9.17, 15) is 4.79 Å². The molecule has 2 aromatic heterocycles. The number of carbonyl (C=O) groups excluding carboxylic acids is 1. The van der Waals surface area contributed by atoms with Crippen molar-refractivity contribution in [2.45, 2.75) is 32.6 Å². The first-order chi connectivity index (χ1) is 9.72. The van der Waals surface area contributed by atoms with Crippen LogP contribution in [0.25, 0.3) is 10.2 Å². The third-order valence-corrected chi connectivity index (χ3v) is 4.20. The molecule has 108 valence electrons. The summed E-state index contributed by atoms with van der Waals surface area (Å²) >= 11 is 1.67. The molecule has 0 unspecified atom stereocenters. The zero-order chi connectivity index (χ0) is 14.4. The van der Waals surface area contributed by atoms with E-state index in [1.807, 2.05) is 0 Å². The Hall–Kier alpha value is -1.69. The van der Waals surface area contributed by atoms with Crippen molar-refractivity contribution in [1.82, 2.24) is 9.97 Å². The summed E-state index contributed by atoms with van der Waals surface area (Å²) in [7, 11) is 1.42. The van der Waals surface area contributed by atoms with E-state index in [2.05, 4.69) is 32.3 Å². The maximum atomic E-state index is 11.0. The van der Waals surface area contributed by atoms with Crippen LogP contribution in [0.2, 0.25) is 0 Å². The molecule has 1 N–H and O–H groups in total. The fourth-order valence-electron chi connectivity index (χ4n) is 1.98. The lowest BCUT2D eigenvalue weighted by molar-refractivity contribution is -0.140. The second kappa shape index (κ2) is 7.19. The predicted octanol–water partition coefficient (Wildman–Crippen LogP) is 3.15. The molecular formula is C14H19N3O2S. The number of nitrogens with zero attached hydrogens (tertiary/aromatic N) is 2. The molecule has 2 heterocycles.